The molecule has 1 aliphatic heterocycles. The highest BCUT2D eigenvalue weighted by Gasteiger charge is 2.23. The van der Waals surface area contributed by atoms with E-state index < -0.39 is 0 Å². The van der Waals surface area contributed by atoms with Crippen LogP contribution in [0.5, 0.6) is 0 Å². The SMILES string of the molecule is CC(C)C1COC(c2ccccc2CO)=N1. The van der Waals surface area contributed by atoms with E-state index in [4.69, 9.17) is 4.74 Å². The molecule has 0 amide bonds. The second-order valence-corrected chi connectivity index (χ2v) is 4.37. The van der Waals surface area contributed by atoms with Crippen LogP contribution in [-0.4, -0.2) is 23.7 Å². The maximum Gasteiger partial charge on any atom is 0.216 e. The summed E-state index contributed by atoms with van der Waals surface area (Å²) in [6, 6.07) is 7.91. The Morgan fingerprint density at radius 1 is 1.44 bits per heavy atom. The molecule has 16 heavy (non-hydrogen) atoms. The first-order valence-electron chi connectivity index (χ1n) is 5.62. The monoisotopic (exact) mass is 219 g/mol. The van der Waals surface area contributed by atoms with Gasteiger partial charge in [0.1, 0.15) is 6.61 Å². The molecule has 0 saturated carbocycles. The molecule has 3 heteroatoms. The van der Waals surface area contributed by atoms with Crippen molar-refractivity contribution in [3.05, 3.63) is 35.4 Å². The minimum Gasteiger partial charge on any atom is -0.475 e. The molecule has 1 atom stereocenters. The van der Waals surface area contributed by atoms with Gasteiger partial charge in [0.15, 0.2) is 0 Å². The molecule has 1 aromatic rings. The van der Waals surface area contributed by atoms with Gasteiger partial charge in [-0.3, -0.25) is 0 Å². The number of aliphatic hydroxyl groups is 1. The fraction of sp³-hybridized carbons (Fsp3) is 0.462. The fourth-order valence-corrected chi connectivity index (χ4v) is 1.75. The summed E-state index contributed by atoms with van der Waals surface area (Å²) in [7, 11) is 0. The summed E-state index contributed by atoms with van der Waals surface area (Å²) < 4.78 is 5.59. The van der Waals surface area contributed by atoms with Gasteiger partial charge >= 0.3 is 0 Å². The molecule has 0 radical (unpaired) electrons. The van der Waals surface area contributed by atoms with Crippen molar-refractivity contribution in [3.63, 3.8) is 0 Å². The smallest absolute Gasteiger partial charge is 0.216 e. The maximum atomic E-state index is 9.24. The zero-order chi connectivity index (χ0) is 11.5. The van der Waals surface area contributed by atoms with Crippen molar-refractivity contribution in [3.8, 4) is 0 Å². The predicted molar refractivity (Wildman–Crippen MR) is 63.5 cm³/mol. The van der Waals surface area contributed by atoms with Crippen LogP contribution in [0.25, 0.3) is 0 Å². The van der Waals surface area contributed by atoms with Crippen molar-refractivity contribution in [2.45, 2.75) is 26.5 Å². The van der Waals surface area contributed by atoms with Crippen molar-refractivity contribution < 1.29 is 9.84 Å². The number of aliphatic imine (C=N–C) groups is 1. The van der Waals surface area contributed by atoms with Gasteiger partial charge in [-0.15, -0.1) is 0 Å². The maximum absolute atomic E-state index is 9.24. The Kier molecular flexibility index (Phi) is 3.25. The molecule has 0 aromatic heterocycles. The first-order chi connectivity index (χ1) is 7.72. The minimum atomic E-state index is 0.0187. The van der Waals surface area contributed by atoms with E-state index in [1.807, 2.05) is 24.3 Å². The molecule has 0 fully saturated rings. The number of nitrogens with zero attached hydrogens (tertiary/aromatic N) is 1. The standard InChI is InChI=1S/C13H17NO2/c1-9(2)12-8-16-13(14-12)11-6-4-3-5-10(11)7-15/h3-6,9,12,15H,7-8H2,1-2H3. The van der Waals surface area contributed by atoms with Crippen LogP contribution in [0.15, 0.2) is 29.3 Å². The molecule has 0 bridgehead atoms. The van der Waals surface area contributed by atoms with Crippen LogP contribution in [0.1, 0.15) is 25.0 Å². The molecular weight excluding hydrogens is 202 g/mol. The van der Waals surface area contributed by atoms with E-state index in [0.717, 1.165) is 11.1 Å². The summed E-state index contributed by atoms with van der Waals surface area (Å²) in [4.78, 5) is 4.55. The average Bonchev–Trinajstić information content (AvgIpc) is 2.78. The summed E-state index contributed by atoms with van der Waals surface area (Å²) in [5.41, 5.74) is 1.78. The highest BCUT2D eigenvalue weighted by molar-refractivity contribution is 5.96. The summed E-state index contributed by atoms with van der Waals surface area (Å²) in [6.45, 7) is 4.94. The van der Waals surface area contributed by atoms with E-state index in [2.05, 4.69) is 18.8 Å². The number of aliphatic hydroxyl groups excluding tert-OH is 1. The minimum absolute atomic E-state index is 0.0187. The van der Waals surface area contributed by atoms with Crippen molar-refractivity contribution in [2.24, 2.45) is 10.9 Å². The molecule has 1 N–H and O–H groups in total. The van der Waals surface area contributed by atoms with Crippen LogP contribution in [0, 0.1) is 5.92 Å². The molecule has 2 rings (SSSR count). The van der Waals surface area contributed by atoms with E-state index in [1.165, 1.54) is 0 Å². The van der Waals surface area contributed by atoms with Gasteiger partial charge in [0, 0.05) is 5.56 Å². The Hall–Kier alpha value is -1.35. The summed E-state index contributed by atoms with van der Waals surface area (Å²) in [6.07, 6.45) is 0. The van der Waals surface area contributed by atoms with Crippen LogP contribution < -0.4 is 0 Å². The largest absolute Gasteiger partial charge is 0.475 e. The van der Waals surface area contributed by atoms with Gasteiger partial charge in [-0.05, 0) is 17.5 Å². The van der Waals surface area contributed by atoms with E-state index >= 15 is 0 Å². The molecule has 0 aliphatic carbocycles. The molecule has 86 valence electrons. The van der Waals surface area contributed by atoms with Crippen LogP contribution in [0.3, 0.4) is 0 Å². The van der Waals surface area contributed by atoms with Gasteiger partial charge < -0.3 is 9.84 Å². The fourth-order valence-electron chi connectivity index (χ4n) is 1.75. The molecule has 1 unspecified atom stereocenters. The van der Waals surface area contributed by atoms with E-state index in [1.54, 1.807) is 0 Å². The Labute approximate surface area is 95.8 Å². The highest BCUT2D eigenvalue weighted by atomic mass is 16.5. The Bertz CT molecular complexity index is 399. The second-order valence-electron chi connectivity index (χ2n) is 4.37. The first kappa shape index (κ1) is 11.1. The van der Waals surface area contributed by atoms with Gasteiger partial charge in [-0.25, -0.2) is 4.99 Å². The molecule has 0 saturated heterocycles. The number of ether oxygens (including phenoxy) is 1. The lowest BCUT2D eigenvalue weighted by molar-refractivity contribution is 0.278. The zero-order valence-electron chi connectivity index (χ0n) is 9.68. The van der Waals surface area contributed by atoms with Gasteiger partial charge in [-0.1, -0.05) is 32.0 Å². The average molecular weight is 219 g/mol. The number of rotatable bonds is 3. The van der Waals surface area contributed by atoms with Crippen molar-refractivity contribution in [1.82, 2.24) is 0 Å². The molecule has 3 nitrogen and oxygen atoms in total. The second kappa shape index (κ2) is 4.66. The number of hydrogen-bond acceptors (Lipinski definition) is 3. The normalized spacial score (nSPS) is 19.8. The Morgan fingerprint density at radius 2 is 2.19 bits per heavy atom. The number of benzene rings is 1. The topological polar surface area (TPSA) is 41.8 Å². The van der Waals surface area contributed by atoms with Crippen LogP contribution >= 0.6 is 0 Å². The van der Waals surface area contributed by atoms with Crippen LogP contribution in [0.2, 0.25) is 0 Å². The lowest BCUT2D eigenvalue weighted by Crippen LogP contribution is -2.13. The van der Waals surface area contributed by atoms with E-state index in [0.29, 0.717) is 18.4 Å². The Balaban J connectivity index is 2.28. The van der Waals surface area contributed by atoms with E-state index in [9.17, 15) is 5.11 Å². The van der Waals surface area contributed by atoms with Crippen molar-refractivity contribution in [2.75, 3.05) is 6.61 Å². The predicted octanol–water partition coefficient (Wildman–Crippen LogP) is 1.98. The third-order valence-electron chi connectivity index (χ3n) is 2.86. The lowest BCUT2D eigenvalue weighted by atomic mass is 10.1. The van der Waals surface area contributed by atoms with Gasteiger partial charge in [0.2, 0.25) is 5.90 Å². The van der Waals surface area contributed by atoms with Crippen LogP contribution in [-0.2, 0) is 11.3 Å². The number of hydrogen-bond donors (Lipinski definition) is 1. The lowest BCUT2D eigenvalue weighted by Gasteiger charge is -2.06. The Morgan fingerprint density at radius 3 is 2.81 bits per heavy atom. The van der Waals surface area contributed by atoms with Gasteiger partial charge in [-0.2, -0.15) is 0 Å². The zero-order valence-corrected chi connectivity index (χ0v) is 9.68. The quantitative estimate of drug-likeness (QED) is 0.844. The molecule has 1 aromatic carbocycles. The summed E-state index contributed by atoms with van der Waals surface area (Å²) in [5, 5.41) is 9.24. The summed E-state index contributed by atoms with van der Waals surface area (Å²) in [5.74, 6) is 1.15. The molecule has 0 spiro atoms. The summed E-state index contributed by atoms with van der Waals surface area (Å²) >= 11 is 0. The molecule has 1 heterocycles. The first-order valence-corrected chi connectivity index (χ1v) is 5.62. The third-order valence-corrected chi connectivity index (χ3v) is 2.86. The van der Waals surface area contributed by atoms with Gasteiger partial charge in [0.05, 0.1) is 12.6 Å². The van der Waals surface area contributed by atoms with E-state index in [-0.39, 0.29) is 12.6 Å². The van der Waals surface area contributed by atoms with Crippen molar-refractivity contribution >= 4 is 5.90 Å². The van der Waals surface area contributed by atoms with Gasteiger partial charge in [0.25, 0.3) is 0 Å². The van der Waals surface area contributed by atoms with Crippen LogP contribution in [0.4, 0.5) is 0 Å². The third kappa shape index (κ3) is 2.09. The van der Waals surface area contributed by atoms with Crippen molar-refractivity contribution in [1.29, 1.82) is 0 Å². The highest BCUT2D eigenvalue weighted by Crippen LogP contribution is 2.19. The molecule has 1 aliphatic rings. The molecular formula is C13H17NO2.